The van der Waals surface area contributed by atoms with E-state index in [1.54, 1.807) is 37.7 Å². The predicted molar refractivity (Wildman–Crippen MR) is 79.4 cm³/mol. The molecule has 124 valence electrons. The third-order valence-corrected chi connectivity index (χ3v) is 4.05. The van der Waals surface area contributed by atoms with E-state index in [0.29, 0.717) is 5.95 Å². The van der Waals surface area contributed by atoms with Crippen molar-refractivity contribution in [2.45, 2.75) is 44.4 Å². The molecule has 0 unspecified atom stereocenters. The molecule has 0 aromatic carbocycles. The number of rotatable bonds is 1. The third kappa shape index (κ3) is 2.32. The molecular formula is C14H19N5O4. The number of aromatic nitrogens is 2. The first-order valence-corrected chi connectivity index (χ1v) is 7.28. The summed E-state index contributed by atoms with van der Waals surface area (Å²) in [7, 11) is 0. The van der Waals surface area contributed by atoms with Crippen molar-refractivity contribution in [1.82, 2.24) is 14.5 Å². The Kier molecular flexibility index (Phi) is 3.13. The molecule has 23 heavy (non-hydrogen) atoms. The average Bonchev–Trinajstić information content (AvgIpc) is 3.05. The molecule has 3 N–H and O–H groups in total. The van der Waals surface area contributed by atoms with Gasteiger partial charge in [-0.2, -0.15) is 0 Å². The van der Waals surface area contributed by atoms with Gasteiger partial charge in [-0.25, -0.2) is 9.78 Å². The minimum absolute atomic E-state index is 0.00468. The number of amides is 3. The molecule has 0 bridgehead atoms. The Morgan fingerprint density at radius 1 is 1.48 bits per heavy atom. The summed E-state index contributed by atoms with van der Waals surface area (Å²) < 4.78 is 6.98. The Bertz CT molecular complexity index is 692. The smallest absolute Gasteiger partial charge is 0.411 e. The van der Waals surface area contributed by atoms with Crippen molar-refractivity contribution in [3.63, 3.8) is 0 Å². The van der Waals surface area contributed by atoms with Gasteiger partial charge in [0.2, 0.25) is 11.9 Å². The zero-order valence-electron chi connectivity index (χ0n) is 13.2. The molecule has 3 heterocycles. The number of hydrogen-bond acceptors (Lipinski definition) is 5. The molecule has 1 aromatic heterocycles. The van der Waals surface area contributed by atoms with Crippen LogP contribution in [0, 0.1) is 0 Å². The zero-order valence-corrected chi connectivity index (χ0v) is 13.2. The maximum Gasteiger partial charge on any atom is 0.411 e. The topological polar surface area (TPSA) is 120 Å². The zero-order chi connectivity index (χ0) is 17.0. The molecule has 1 spiro atoms. The Hall–Kier alpha value is -2.58. The van der Waals surface area contributed by atoms with Crippen LogP contribution >= 0.6 is 0 Å². The highest BCUT2D eigenvalue weighted by atomic mass is 16.6. The van der Waals surface area contributed by atoms with Crippen molar-refractivity contribution in [2.24, 2.45) is 5.73 Å². The predicted octanol–water partition coefficient (Wildman–Crippen LogP) is 0.0252. The lowest BCUT2D eigenvalue weighted by atomic mass is 9.95. The number of imidazole rings is 1. The monoisotopic (exact) mass is 321 g/mol. The molecule has 9 heteroatoms. The SMILES string of the molecule is CC(C)(C)OC(=O)N1C[C@]2(C[C@H]1C(N)=O)C(=O)Nc1nccn12. The maximum atomic E-state index is 12.4. The van der Waals surface area contributed by atoms with Crippen molar-refractivity contribution >= 4 is 23.9 Å². The minimum atomic E-state index is -1.08. The second kappa shape index (κ2) is 4.71. The van der Waals surface area contributed by atoms with Crippen LogP contribution in [0.1, 0.15) is 27.2 Å². The molecule has 9 nitrogen and oxygen atoms in total. The van der Waals surface area contributed by atoms with E-state index < -0.39 is 29.2 Å². The molecule has 1 saturated heterocycles. The van der Waals surface area contributed by atoms with E-state index in [0.717, 1.165) is 0 Å². The molecule has 3 amide bonds. The van der Waals surface area contributed by atoms with Crippen LogP contribution in [-0.2, 0) is 19.9 Å². The van der Waals surface area contributed by atoms with E-state index in [1.165, 1.54) is 4.90 Å². The molecular weight excluding hydrogens is 302 g/mol. The number of fused-ring (bicyclic) bond motifs is 2. The summed E-state index contributed by atoms with van der Waals surface area (Å²) in [5.41, 5.74) is 3.64. The summed E-state index contributed by atoms with van der Waals surface area (Å²) in [6.45, 7) is 5.19. The average molecular weight is 321 g/mol. The maximum absolute atomic E-state index is 12.4. The van der Waals surface area contributed by atoms with Crippen LogP contribution in [-0.4, -0.2) is 50.5 Å². The lowest BCUT2D eigenvalue weighted by molar-refractivity contribution is -0.122. The third-order valence-electron chi connectivity index (χ3n) is 4.05. The molecule has 0 aliphatic carbocycles. The van der Waals surface area contributed by atoms with Crippen LogP contribution in [0.15, 0.2) is 12.4 Å². The molecule has 3 rings (SSSR count). The van der Waals surface area contributed by atoms with E-state index in [1.807, 2.05) is 0 Å². The van der Waals surface area contributed by atoms with Crippen molar-refractivity contribution in [2.75, 3.05) is 11.9 Å². The highest BCUT2D eigenvalue weighted by molar-refractivity contribution is 6.01. The van der Waals surface area contributed by atoms with E-state index >= 15 is 0 Å². The largest absolute Gasteiger partial charge is 0.444 e. The lowest BCUT2D eigenvalue weighted by Gasteiger charge is -2.27. The molecule has 1 aromatic rings. The van der Waals surface area contributed by atoms with Crippen LogP contribution in [0.4, 0.5) is 10.7 Å². The number of nitrogens with one attached hydrogen (secondary N) is 1. The fourth-order valence-corrected chi connectivity index (χ4v) is 3.06. The number of ether oxygens (including phenoxy) is 1. The summed E-state index contributed by atoms with van der Waals surface area (Å²) >= 11 is 0. The highest BCUT2D eigenvalue weighted by Gasteiger charge is 2.58. The Morgan fingerprint density at radius 3 is 2.78 bits per heavy atom. The van der Waals surface area contributed by atoms with Crippen LogP contribution in [0.25, 0.3) is 0 Å². The van der Waals surface area contributed by atoms with Crippen molar-refractivity contribution in [3.05, 3.63) is 12.4 Å². The van der Waals surface area contributed by atoms with Crippen LogP contribution in [0.3, 0.4) is 0 Å². The van der Waals surface area contributed by atoms with Crippen LogP contribution in [0.5, 0.6) is 0 Å². The summed E-state index contributed by atoms with van der Waals surface area (Å²) in [6, 6.07) is -0.913. The number of carbonyl (C=O) groups excluding carboxylic acids is 3. The van der Waals surface area contributed by atoms with Crippen molar-refractivity contribution < 1.29 is 19.1 Å². The van der Waals surface area contributed by atoms with Gasteiger partial charge in [-0.1, -0.05) is 0 Å². The number of likely N-dealkylation sites (tertiary alicyclic amines) is 1. The summed E-state index contributed by atoms with van der Waals surface area (Å²) in [5, 5.41) is 2.66. The van der Waals surface area contributed by atoms with Gasteiger partial charge in [-0.3, -0.25) is 24.4 Å². The number of hydrogen-bond donors (Lipinski definition) is 2. The Morgan fingerprint density at radius 2 is 2.17 bits per heavy atom. The first-order chi connectivity index (χ1) is 10.6. The number of nitrogens with two attached hydrogens (primary N) is 1. The summed E-state index contributed by atoms with van der Waals surface area (Å²) in [4.78, 5) is 41.9. The Balaban J connectivity index is 1.95. The highest BCUT2D eigenvalue weighted by Crippen LogP contribution is 2.40. The van der Waals surface area contributed by atoms with Gasteiger partial charge < -0.3 is 10.5 Å². The van der Waals surface area contributed by atoms with Gasteiger partial charge in [0.25, 0.3) is 5.91 Å². The van der Waals surface area contributed by atoms with Crippen molar-refractivity contribution in [3.8, 4) is 0 Å². The molecule has 0 saturated carbocycles. The second-order valence-electron chi connectivity index (χ2n) is 6.84. The first-order valence-electron chi connectivity index (χ1n) is 7.28. The number of anilines is 1. The van der Waals surface area contributed by atoms with Gasteiger partial charge in [0.1, 0.15) is 17.2 Å². The van der Waals surface area contributed by atoms with E-state index in [4.69, 9.17) is 10.5 Å². The standard InChI is InChI=1S/C14H19N5O4/c1-13(2,3)23-12(22)18-7-14(6-8(18)9(15)20)10(21)17-11-16-4-5-19(11)14/h4-5,8H,6-7H2,1-3H3,(H2,15,20)(H,16,17,21)/t8-,14+/m0/s1. The minimum Gasteiger partial charge on any atom is -0.444 e. The van der Waals surface area contributed by atoms with Crippen LogP contribution in [0.2, 0.25) is 0 Å². The van der Waals surface area contributed by atoms with E-state index in [9.17, 15) is 14.4 Å². The number of nitrogens with zero attached hydrogens (tertiary/aromatic N) is 3. The molecule has 2 aliphatic heterocycles. The van der Waals surface area contributed by atoms with E-state index in [-0.39, 0.29) is 18.9 Å². The van der Waals surface area contributed by atoms with Gasteiger partial charge in [0.05, 0.1) is 6.54 Å². The van der Waals surface area contributed by atoms with Gasteiger partial charge in [0, 0.05) is 18.8 Å². The van der Waals surface area contributed by atoms with Gasteiger partial charge in [0.15, 0.2) is 0 Å². The molecule has 2 aliphatic rings. The fraction of sp³-hybridized carbons (Fsp3) is 0.571. The molecule has 0 radical (unpaired) electrons. The molecule has 1 fully saturated rings. The summed E-state index contributed by atoms with van der Waals surface area (Å²) in [6.07, 6.45) is 2.62. The first kappa shape index (κ1) is 15.3. The Labute approximate surface area is 132 Å². The van der Waals surface area contributed by atoms with Gasteiger partial charge in [-0.15, -0.1) is 0 Å². The normalized spacial score (nSPS) is 26.3. The van der Waals surface area contributed by atoms with E-state index in [2.05, 4.69) is 10.3 Å². The quantitative estimate of drug-likeness (QED) is 0.756. The van der Waals surface area contributed by atoms with Crippen LogP contribution < -0.4 is 11.1 Å². The molecule has 2 atom stereocenters. The lowest BCUT2D eigenvalue weighted by Crippen LogP contribution is -2.46. The second-order valence-corrected chi connectivity index (χ2v) is 6.84. The fourth-order valence-electron chi connectivity index (χ4n) is 3.06. The number of primary amides is 1. The van der Waals surface area contributed by atoms with Gasteiger partial charge >= 0.3 is 6.09 Å². The summed E-state index contributed by atoms with van der Waals surface area (Å²) in [5.74, 6) is -0.587. The van der Waals surface area contributed by atoms with Gasteiger partial charge in [-0.05, 0) is 20.8 Å². The number of carbonyl (C=O) groups is 3. The van der Waals surface area contributed by atoms with Crippen molar-refractivity contribution in [1.29, 1.82) is 0 Å².